The van der Waals surface area contributed by atoms with Crippen molar-refractivity contribution in [3.05, 3.63) is 70.7 Å². The van der Waals surface area contributed by atoms with Gasteiger partial charge in [0, 0.05) is 17.8 Å². The Hall–Kier alpha value is -3.13. The lowest BCUT2D eigenvalue weighted by atomic mass is 10.0. The van der Waals surface area contributed by atoms with Gasteiger partial charge in [0.05, 0.1) is 17.9 Å². The Bertz CT molecular complexity index is 928. The van der Waals surface area contributed by atoms with E-state index >= 15 is 0 Å². The smallest absolute Gasteiger partial charge is 0.275 e. The van der Waals surface area contributed by atoms with Crippen LogP contribution in [0.1, 0.15) is 52.3 Å². The van der Waals surface area contributed by atoms with E-state index in [1.807, 2.05) is 0 Å². The SMILES string of the molecule is CC(C)C[C@H](NC(=O)c1ccccn1)c1nc(C(=O)Nc2cccnc2)cs1. The van der Waals surface area contributed by atoms with Gasteiger partial charge in [-0.15, -0.1) is 11.3 Å². The minimum atomic E-state index is -0.310. The summed E-state index contributed by atoms with van der Waals surface area (Å²) in [6.07, 6.45) is 5.49. The number of carbonyl (C=O) groups is 2. The third-order valence-electron chi connectivity index (χ3n) is 3.88. The monoisotopic (exact) mass is 395 g/mol. The molecule has 0 spiro atoms. The van der Waals surface area contributed by atoms with E-state index < -0.39 is 0 Å². The maximum absolute atomic E-state index is 12.5. The molecule has 0 aliphatic rings. The highest BCUT2D eigenvalue weighted by atomic mass is 32.1. The summed E-state index contributed by atoms with van der Waals surface area (Å²) >= 11 is 1.35. The number of aromatic nitrogens is 3. The molecule has 2 amide bonds. The van der Waals surface area contributed by atoms with Crippen molar-refractivity contribution in [1.82, 2.24) is 20.3 Å². The number of nitrogens with one attached hydrogen (secondary N) is 2. The zero-order valence-electron chi connectivity index (χ0n) is 15.6. The van der Waals surface area contributed by atoms with Crippen LogP contribution in [0.3, 0.4) is 0 Å². The predicted octanol–water partition coefficient (Wildman–Crippen LogP) is 3.70. The Morgan fingerprint density at radius 2 is 1.93 bits per heavy atom. The van der Waals surface area contributed by atoms with E-state index in [1.54, 1.807) is 54.3 Å². The molecule has 0 saturated heterocycles. The highest BCUT2D eigenvalue weighted by Gasteiger charge is 2.22. The second-order valence-corrected chi connectivity index (χ2v) is 7.53. The first kappa shape index (κ1) is 19.6. The van der Waals surface area contributed by atoms with Gasteiger partial charge in [0.1, 0.15) is 16.4 Å². The molecule has 7 nitrogen and oxygen atoms in total. The molecule has 3 heterocycles. The molecule has 0 unspecified atom stereocenters. The molecule has 0 saturated carbocycles. The molecule has 0 aliphatic heterocycles. The standard InChI is InChI=1S/C20H21N5O2S/c1-13(2)10-16(24-18(26)15-7-3-4-9-22-15)20-25-17(12-28-20)19(27)23-14-6-5-8-21-11-14/h3-9,11-13,16H,10H2,1-2H3,(H,23,27)(H,24,26)/t16-/m0/s1. The molecule has 2 N–H and O–H groups in total. The van der Waals surface area contributed by atoms with Gasteiger partial charge in [-0.25, -0.2) is 4.98 Å². The molecule has 0 aliphatic carbocycles. The average molecular weight is 395 g/mol. The fourth-order valence-corrected chi connectivity index (χ4v) is 3.47. The number of hydrogen-bond donors (Lipinski definition) is 2. The highest BCUT2D eigenvalue weighted by molar-refractivity contribution is 7.10. The number of nitrogens with zero attached hydrogens (tertiary/aromatic N) is 3. The number of pyridine rings is 2. The largest absolute Gasteiger partial charge is 0.341 e. The average Bonchev–Trinajstić information content (AvgIpc) is 3.19. The third kappa shape index (κ3) is 5.20. The normalized spacial score (nSPS) is 11.8. The van der Waals surface area contributed by atoms with Crippen LogP contribution in [0.4, 0.5) is 5.69 Å². The van der Waals surface area contributed by atoms with E-state index in [1.165, 1.54) is 11.3 Å². The van der Waals surface area contributed by atoms with Gasteiger partial charge < -0.3 is 10.6 Å². The summed E-state index contributed by atoms with van der Waals surface area (Å²) in [5, 5.41) is 8.14. The Morgan fingerprint density at radius 3 is 2.61 bits per heavy atom. The highest BCUT2D eigenvalue weighted by Crippen LogP contribution is 2.25. The molecule has 3 rings (SSSR count). The van der Waals surface area contributed by atoms with E-state index in [2.05, 4.69) is 39.4 Å². The number of carbonyl (C=O) groups excluding carboxylic acids is 2. The minimum Gasteiger partial charge on any atom is -0.341 e. The first-order valence-electron chi connectivity index (χ1n) is 8.91. The summed E-state index contributed by atoms with van der Waals surface area (Å²) < 4.78 is 0. The molecule has 28 heavy (non-hydrogen) atoms. The zero-order chi connectivity index (χ0) is 19.9. The van der Waals surface area contributed by atoms with Gasteiger partial charge in [-0.1, -0.05) is 19.9 Å². The van der Waals surface area contributed by atoms with Crippen molar-refractivity contribution in [3.63, 3.8) is 0 Å². The predicted molar refractivity (Wildman–Crippen MR) is 108 cm³/mol. The van der Waals surface area contributed by atoms with Gasteiger partial charge in [-0.3, -0.25) is 19.6 Å². The van der Waals surface area contributed by atoms with Gasteiger partial charge in [0.2, 0.25) is 0 Å². The topological polar surface area (TPSA) is 96.9 Å². The van der Waals surface area contributed by atoms with E-state index in [4.69, 9.17) is 0 Å². The second-order valence-electron chi connectivity index (χ2n) is 6.64. The molecule has 3 aromatic heterocycles. The Kier molecular flexibility index (Phi) is 6.44. The summed E-state index contributed by atoms with van der Waals surface area (Å²) in [5.74, 6) is -0.233. The van der Waals surface area contributed by atoms with Crippen LogP contribution in [-0.2, 0) is 0 Å². The third-order valence-corrected chi connectivity index (χ3v) is 4.84. The van der Waals surface area contributed by atoms with Crippen LogP contribution >= 0.6 is 11.3 Å². The van der Waals surface area contributed by atoms with Crippen molar-refractivity contribution >= 4 is 28.8 Å². The maximum Gasteiger partial charge on any atom is 0.275 e. The summed E-state index contributed by atoms with van der Waals surface area (Å²) in [4.78, 5) is 37.4. The minimum absolute atomic E-state index is 0.261. The second kappa shape index (κ2) is 9.18. The van der Waals surface area contributed by atoms with Crippen molar-refractivity contribution in [2.45, 2.75) is 26.3 Å². The Labute approximate surface area is 167 Å². The van der Waals surface area contributed by atoms with Crippen LogP contribution in [0.15, 0.2) is 54.3 Å². The Balaban J connectivity index is 1.74. The van der Waals surface area contributed by atoms with Gasteiger partial charge in [-0.05, 0) is 36.6 Å². The van der Waals surface area contributed by atoms with E-state index in [0.29, 0.717) is 34.4 Å². The van der Waals surface area contributed by atoms with Crippen LogP contribution in [0.2, 0.25) is 0 Å². The summed E-state index contributed by atoms with van der Waals surface area (Å²) in [6, 6.07) is 8.40. The maximum atomic E-state index is 12.5. The fraction of sp³-hybridized carbons (Fsp3) is 0.250. The summed E-state index contributed by atoms with van der Waals surface area (Å²) in [5.41, 5.74) is 1.26. The number of anilines is 1. The molecular weight excluding hydrogens is 374 g/mol. The van der Waals surface area contributed by atoms with Crippen molar-refractivity contribution in [2.24, 2.45) is 5.92 Å². The zero-order valence-corrected chi connectivity index (χ0v) is 16.4. The number of amides is 2. The molecular formula is C20H21N5O2S. The molecule has 3 aromatic rings. The van der Waals surface area contributed by atoms with Crippen LogP contribution in [-0.4, -0.2) is 26.8 Å². The molecule has 0 bridgehead atoms. The van der Waals surface area contributed by atoms with Gasteiger partial charge in [0.15, 0.2) is 0 Å². The van der Waals surface area contributed by atoms with Crippen molar-refractivity contribution in [1.29, 1.82) is 0 Å². The van der Waals surface area contributed by atoms with Gasteiger partial charge >= 0.3 is 0 Å². The van der Waals surface area contributed by atoms with Crippen LogP contribution in [0.25, 0.3) is 0 Å². The lowest BCUT2D eigenvalue weighted by Crippen LogP contribution is -2.30. The van der Waals surface area contributed by atoms with Crippen LogP contribution in [0, 0.1) is 5.92 Å². The molecule has 0 radical (unpaired) electrons. The van der Waals surface area contributed by atoms with E-state index in [-0.39, 0.29) is 17.9 Å². The molecule has 1 atom stereocenters. The Morgan fingerprint density at radius 1 is 1.07 bits per heavy atom. The van der Waals surface area contributed by atoms with Crippen molar-refractivity contribution in [2.75, 3.05) is 5.32 Å². The molecule has 0 fully saturated rings. The summed E-state index contributed by atoms with van der Waals surface area (Å²) in [7, 11) is 0. The molecule has 8 heteroatoms. The van der Waals surface area contributed by atoms with Gasteiger partial charge in [-0.2, -0.15) is 0 Å². The molecule has 0 aromatic carbocycles. The number of rotatable bonds is 7. The first-order chi connectivity index (χ1) is 13.5. The van der Waals surface area contributed by atoms with E-state index in [9.17, 15) is 9.59 Å². The first-order valence-corrected chi connectivity index (χ1v) is 9.79. The van der Waals surface area contributed by atoms with Crippen molar-refractivity contribution in [3.8, 4) is 0 Å². The van der Waals surface area contributed by atoms with Crippen LogP contribution < -0.4 is 10.6 Å². The number of thiazole rings is 1. The van der Waals surface area contributed by atoms with E-state index in [0.717, 1.165) is 0 Å². The number of hydrogen-bond acceptors (Lipinski definition) is 6. The summed E-state index contributed by atoms with van der Waals surface area (Å²) in [6.45, 7) is 4.15. The molecule has 144 valence electrons. The lowest BCUT2D eigenvalue weighted by Gasteiger charge is -2.18. The van der Waals surface area contributed by atoms with Gasteiger partial charge in [0.25, 0.3) is 11.8 Å². The van der Waals surface area contributed by atoms with Crippen LogP contribution in [0.5, 0.6) is 0 Å². The quantitative estimate of drug-likeness (QED) is 0.636. The lowest BCUT2D eigenvalue weighted by molar-refractivity contribution is 0.0926. The fourth-order valence-electron chi connectivity index (χ4n) is 2.61. The van der Waals surface area contributed by atoms with Crippen molar-refractivity contribution < 1.29 is 9.59 Å².